The molecular formula is C24H25NO6. The Balaban J connectivity index is 1.54. The zero-order valence-electron chi connectivity index (χ0n) is 17.6. The SMILES string of the molecule is COc1ccc(N2C(=O)[C@@H](O[C@H]3C=C[C@@H](OC(C)=O)[C@H](C)O3)[C@@H]2c2ccccc2)cc1. The summed E-state index contributed by atoms with van der Waals surface area (Å²) in [6, 6.07) is 16.8. The molecule has 1 saturated heterocycles. The molecule has 5 atom stereocenters. The number of benzene rings is 2. The van der Waals surface area contributed by atoms with Crippen LogP contribution in [0.2, 0.25) is 0 Å². The fraction of sp³-hybridized carbons (Fsp3) is 0.333. The number of hydrogen-bond acceptors (Lipinski definition) is 6. The Morgan fingerprint density at radius 1 is 1.03 bits per heavy atom. The molecule has 2 heterocycles. The molecule has 0 unspecified atom stereocenters. The number of amides is 1. The van der Waals surface area contributed by atoms with E-state index in [9.17, 15) is 9.59 Å². The van der Waals surface area contributed by atoms with E-state index in [1.165, 1.54) is 6.92 Å². The van der Waals surface area contributed by atoms with Gasteiger partial charge in [0.15, 0.2) is 12.4 Å². The van der Waals surface area contributed by atoms with Crippen molar-refractivity contribution in [3.8, 4) is 5.75 Å². The topological polar surface area (TPSA) is 74.3 Å². The van der Waals surface area contributed by atoms with Gasteiger partial charge in [-0.1, -0.05) is 30.3 Å². The van der Waals surface area contributed by atoms with Crippen LogP contribution in [0.4, 0.5) is 5.69 Å². The molecule has 162 valence electrons. The van der Waals surface area contributed by atoms with Gasteiger partial charge in [-0.2, -0.15) is 0 Å². The number of anilines is 1. The van der Waals surface area contributed by atoms with Crippen LogP contribution >= 0.6 is 0 Å². The third kappa shape index (κ3) is 4.33. The lowest BCUT2D eigenvalue weighted by atomic mass is 9.89. The molecule has 0 saturated carbocycles. The van der Waals surface area contributed by atoms with Gasteiger partial charge in [-0.3, -0.25) is 14.5 Å². The van der Waals surface area contributed by atoms with Crippen LogP contribution in [0.25, 0.3) is 0 Å². The van der Waals surface area contributed by atoms with E-state index < -0.39 is 18.5 Å². The van der Waals surface area contributed by atoms with Gasteiger partial charge < -0.3 is 18.9 Å². The second kappa shape index (κ2) is 8.91. The van der Waals surface area contributed by atoms with Crippen molar-refractivity contribution in [1.29, 1.82) is 0 Å². The minimum absolute atomic E-state index is 0.147. The van der Waals surface area contributed by atoms with Crippen molar-refractivity contribution in [2.24, 2.45) is 0 Å². The number of methoxy groups -OCH3 is 1. The summed E-state index contributed by atoms with van der Waals surface area (Å²) in [4.78, 5) is 26.0. The molecule has 0 aromatic heterocycles. The Morgan fingerprint density at radius 2 is 1.74 bits per heavy atom. The maximum atomic E-state index is 13.1. The highest BCUT2D eigenvalue weighted by Crippen LogP contribution is 2.42. The average Bonchev–Trinajstić information content (AvgIpc) is 2.78. The van der Waals surface area contributed by atoms with Gasteiger partial charge in [0.1, 0.15) is 11.9 Å². The number of hydrogen-bond donors (Lipinski definition) is 0. The molecular weight excluding hydrogens is 398 g/mol. The van der Waals surface area contributed by atoms with E-state index in [-0.39, 0.29) is 24.0 Å². The van der Waals surface area contributed by atoms with Crippen molar-refractivity contribution in [2.75, 3.05) is 12.0 Å². The summed E-state index contributed by atoms with van der Waals surface area (Å²) in [7, 11) is 1.60. The fourth-order valence-corrected chi connectivity index (χ4v) is 3.84. The van der Waals surface area contributed by atoms with Crippen molar-refractivity contribution in [1.82, 2.24) is 0 Å². The predicted molar refractivity (Wildman–Crippen MR) is 114 cm³/mol. The molecule has 0 bridgehead atoms. The molecule has 0 aliphatic carbocycles. The third-order valence-electron chi connectivity index (χ3n) is 5.39. The smallest absolute Gasteiger partial charge is 0.303 e. The predicted octanol–water partition coefficient (Wildman–Crippen LogP) is 3.40. The summed E-state index contributed by atoms with van der Waals surface area (Å²) < 4.78 is 22.3. The monoisotopic (exact) mass is 423 g/mol. The van der Waals surface area contributed by atoms with E-state index in [1.54, 1.807) is 31.1 Å². The maximum absolute atomic E-state index is 13.1. The summed E-state index contributed by atoms with van der Waals surface area (Å²) in [5, 5.41) is 0. The highest BCUT2D eigenvalue weighted by molar-refractivity contribution is 6.05. The van der Waals surface area contributed by atoms with E-state index >= 15 is 0 Å². The lowest BCUT2D eigenvalue weighted by Gasteiger charge is -2.48. The summed E-state index contributed by atoms with van der Waals surface area (Å²) in [6.45, 7) is 3.16. The minimum Gasteiger partial charge on any atom is -0.497 e. The van der Waals surface area contributed by atoms with Crippen LogP contribution in [0.3, 0.4) is 0 Å². The van der Waals surface area contributed by atoms with E-state index in [0.717, 1.165) is 17.0 Å². The molecule has 2 aliphatic rings. The first-order valence-electron chi connectivity index (χ1n) is 10.2. The zero-order chi connectivity index (χ0) is 22.0. The van der Waals surface area contributed by atoms with Gasteiger partial charge in [-0.25, -0.2) is 0 Å². The van der Waals surface area contributed by atoms with E-state index in [0.29, 0.717) is 0 Å². The molecule has 7 heteroatoms. The van der Waals surface area contributed by atoms with Crippen LogP contribution in [-0.4, -0.2) is 43.6 Å². The van der Waals surface area contributed by atoms with Gasteiger partial charge in [0.05, 0.1) is 19.3 Å². The van der Waals surface area contributed by atoms with Gasteiger partial charge in [-0.15, -0.1) is 0 Å². The highest BCUT2D eigenvalue weighted by atomic mass is 16.7. The van der Waals surface area contributed by atoms with Gasteiger partial charge in [0.25, 0.3) is 5.91 Å². The lowest BCUT2D eigenvalue weighted by molar-refractivity contribution is -0.206. The first-order chi connectivity index (χ1) is 15.0. The van der Waals surface area contributed by atoms with Crippen LogP contribution < -0.4 is 9.64 Å². The van der Waals surface area contributed by atoms with E-state index in [1.807, 2.05) is 54.6 Å². The van der Waals surface area contributed by atoms with Gasteiger partial charge in [0.2, 0.25) is 0 Å². The normalized spacial score (nSPS) is 27.5. The Morgan fingerprint density at radius 3 is 2.35 bits per heavy atom. The number of esters is 1. The van der Waals surface area contributed by atoms with Gasteiger partial charge >= 0.3 is 5.97 Å². The number of nitrogens with zero attached hydrogens (tertiary/aromatic N) is 1. The number of carbonyl (C=O) groups is 2. The van der Waals surface area contributed by atoms with E-state index in [4.69, 9.17) is 18.9 Å². The third-order valence-corrected chi connectivity index (χ3v) is 5.39. The highest BCUT2D eigenvalue weighted by Gasteiger charge is 2.51. The summed E-state index contributed by atoms with van der Waals surface area (Å²) in [6.07, 6.45) is 1.15. The van der Waals surface area contributed by atoms with Crippen molar-refractivity contribution >= 4 is 17.6 Å². The van der Waals surface area contributed by atoms with Crippen LogP contribution in [-0.2, 0) is 23.8 Å². The molecule has 0 N–H and O–H groups in total. The molecule has 2 aromatic carbocycles. The number of ether oxygens (including phenoxy) is 4. The van der Waals surface area contributed by atoms with Crippen molar-refractivity contribution < 1.29 is 28.5 Å². The van der Waals surface area contributed by atoms with Gasteiger partial charge in [0, 0.05) is 12.6 Å². The fourth-order valence-electron chi connectivity index (χ4n) is 3.84. The molecule has 1 amide bonds. The van der Waals surface area contributed by atoms with Crippen LogP contribution in [0.5, 0.6) is 5.75 Å². The Labute approximate surface area is 181 Å². The van der Waals surface area contributed by atoms with E-state index in [2.05, 4.69) is 0 Å². The second-order valence-electron chi connectivity index (χ2n) is 7.49. The van der Waals surface area contributed by atoms with Gasteiger partial charge in [-0.05, 0) is 48.9 Å². The Hall–Kier alpha value is -3.16. The average molecular weight is 423 g/mol. The van der Waals surface area contributed by atoms with Crippen molar-refractivity contribution in [2.45, 2.75) is 44.5 Å². The van der Waals surface area contributed by atoms with Crippen LogP contribution in [0, 0.1) is 0 Å². The standard InChI is InChI=1S/C24H25NO6/c1-15-20(30-16(2)26)13-14-21(29-15)31-23-22(17-7-5-4-6-8-17)25(24(23)27)18-9-11-19(28-3)12-10-18/h4-15,20-23H,1-3H3/t15-,20+,21-,22-,23-/m0/s1. The van der Waals surface area contributed by atoms with Crippen molar-refractivity contribution in [3.63, 3.8) is 0 Å². The summed E-state index contributed by atoms with van der Waals surface area (Å²) >= 11 is 0. The molecule has 31 heavy (non-hydrogen) atoms. The quantitative estimate of drug-likeness (QED) is 0.403. The Bertz CT molecular complexity index is 958. The first-order valence-corrected chi connectivity index (χ1v) is 10.2. The maximum Gasteiger partial charge on any atom is 0.303 e. The van der Waals surface area contributed by atoms with Crippen molar-refractivity contribution in [3.05, 3.63) is 72.3 Å². The molecule has 2 aromatic rings. The van der Waals surface area contributed by atoms with Crippen LogP contribution in [0.15, 0.2) is 66.7 Å². The first kappa shape index (κ1) is 21.1. The molecule has 0 radical (unpaired) electrons. The van der Waals surface area contributed by atoms with Crippen LogP contribution in [0.1, 0.15) is 25.5 Å². The summed E-state index contributed by atoms with van der Waals surface area (Å²) in [5.41, 5.74) is 1.73. The number of carbonyl (C=O) groups excluding carboxylic acids is 2. The summed E-state index contributed by atoms with van der Waals surface area (Å²) in [5.74, 6) is 0.196. The minimum atomic E-state index is -0.708. The zero-order valence-corrected chi connectivity index (χ0v) is 17.6. The largest absolute Gasteiger partial charge is 0.497 e. The second-order valence-corrected chi connectivity index (χ2v) is 7.49. The molecule has 0 spiro atoms. The molecule has 4 rings (SSSR count). The molecule has 7 nitrogen and oxygen atoms in total. The Kier molecular flexibility index (Phi) is 6.06. The number of rotatable bonds is 6. The number of β-lactam (4-membered cyclic amide) rings is 1. The molecule has 2 aliphatic heterocycles. The molecule has 1 fully saturated rings. The lowest BCUT2D eigenvalue weighted by Crippen LogP contribution is -2.61.